The highest BCUT2D eigenvalue weighted by Crippen LogP contribution is 2.36. The lowest BCUT2D eigenvalue weighted by molar-refractivity contribution is -0.285. The van der Waals surface area contributed by atoms with Crippen LogP contribution in [-0.2, 0) is 63.7 Å². The van der Waals surface area contributed by atoms with Gasteiger partial charge in [0.25, 0.3) is 5.79 Å². The normalized spacial score (nSPS) is 17.1. The minimum Gasteiger partial charge on any atom is -0.393 e. The minimum absolute atomic E-state index is 0.701. The van der Waals surface area contributed by atoms with Crippen molar-refractivity contribution < 1.29 is 114 Å². The first-order valence-corrected chi connectivity index (χ1v) is 12.4. The maximum Gasteiger partial charge on any atom is 0.393 e. The van der Waals surface area contributed by atoms with Crippen LogP contribution in [0.4, 0.5) is 0 Å². The molecule has 1 aliphatic rings. The molecule has 9 N–H and O–H groups in total. The van der Waals surface area contributed by atoms with Crippen LogP contribution < -0.4 is 0 Å². The fraction of sp³-hybridized carbons (Fsp3) is 0.417. The molecule has 1 aromatic rings. The predicted octanol–water partition coefficient (Wildman–Crippen LogP) is -6.85. The number of aliphatic hydroxyl groups excluding tert-OH is 5. The van der Waals surface area contributed by atoms with Crippen molar-refractivity contribution in [2.24, 2.45) is 0 Å². The molecule has 0 heterocycles. The van der Waals surface area contributed by atoms with Gasteiger partial charge in [-0.2, -0.15) is 0 Å². The summed E-state index contributed by atoms with van der Waals surface area (Å²) in [6.45, 7) is -4.10. The second-order valence-electron chi connectivity index (χ2n) is 9.32. The number of Topliss-reactive ketones (excluding diaryl/α,β-unsaturated/α-hetero) is 2. The number of ketones is 2. The van der Waals surface area contributed by atoms with Crippen molar-refractivity contribution >= 4 is 47.4 Å². The molecule has 0 aromatic heterocycles. The van der Waals surface area contributed by atoms with E-state index in [1.54, 1.807) is 0 Å². The summed E-state index contributed by atoms with van der Waals surface area (Å²) in [5.74, 6) is -18.7. The van der Waals surface area contributed by atoms with Gasteiger partial charge in [-0.25, -0.2) is 58.1 Å². The third-order valence-electron chi connectivity index (χ3n) is 5.95. The van der Waals surface area contributed by atoms with Gasteiger partial charge in [-0.05, 0) is 0 Å². The van der Waals surface area contributed by atoms with Gasteiger partial charge in [-0.1, -0.05) is 18.2 Å². The maximum atomic E-state index is 12.7. The Hall–Kier alpha value is -4.98. The molecule has 0 spiro atoms. The fourth-order valence-corrected chi connectivity index (χ4v) is 3.46. The number of hydrogen-bond acceptors (Lipinski definition) is 23. The van der Waals surface area contributed by atoms with Crippen LogP contribution in [0.3, 0.4) is 0 Å². The van der Waals surface area contributed by atoms with E-state index in [9.17, 15) is 63.9 Å². The molecule has 2 rings (SSSR count). The molecule has 4 atom stereocenters. The SMILES string of the molecule is O=C(CC(O)(CC(=O)OOC(=O)C(O)(CO)c1cccc2c1C(=O)C(O)(O)C2=O)C(=O)OOC(=O)C(O)CO)OOC(=O)C(O)CO. The van der Waals surface area contributed by atoms with Gasteiger partial charge in [-0.15, -0.1) is 0 Å². The zero-order valence-electron chi connectivity index (χ0n) is 23.2. The largest absolute Gasteiger partial charge is 0.393 e. The summed E-state index contributed by atoms with van der Waals surface area (Å²) in [5.41, 5.74) is -9.50. The van der Waals surface area contributed by atoms with E-state index in [0.717, 1.165) is 18.2 Å². The van der Waals surface area contributed by atoms with Gasteiger partial charge in [-0.3, -0.25) is 9.59 Å². The summed E-state index contributed by atoms with van der Waals surface area (Å²) in [5, 5.41) is 86.4. The first-order chi connectivity index (χ1) is 21.8. The highest BCUT2D eigenvalue weighted by atomic mass is 17.2. The molecule has 1 aliphatic carbocycles. The van der Waals surface area contributed by atoms with Crippen molar-refractivity contribution in [1.29, 1.82) is 0 Å². The van der Waals surface area contributed by atoms with E-state index in [2.05, 4.69) is 29.3 Å². The highest BCUT2D eigenvalue weighted by Gasteiger charge is 2.55. The Morgan fingerprint density at radius 1 is 0.702 bits per heavy atom. The Labute approximate surface area is 258 Å². The Morgan fingerprint density at radius 3 is 1.66 bits per heavy atom. The number of hydrogen-bond donors (Lipinski definition) is 9. The van der Waals surface area contributed by atoms with Crippen LogP contribution in [-0.4, -0.2) is 137 Å². The van der Waals surface area contributed by atoms with Crippen LogP contribution in [0.5, 0.6) is 0 Å². The fourth-order valence-electron chi connectivity index (χ4n) is 3.46. The third kappa shape index (κ3) is 8.25. The zero-order chi connectivity index (χ0) is 35.9. The van der Waals surface area contributed by atoms with Crippen molar-refractivity contribution in [2.45, 2.75) is 42.0 Å². The van der Waals surface area contributed by atoms with E-state index in [-0.39, 0.29) is 0 Å². The molecule has 0 bridgehead atoms. The highest BCUT2D eigenvalue weighted by molar-refractivity contribution is 6.31. The van der Waals surface area contributed by atoms with E-state index in [0.29, 0.717) is 0 Å². The van der Waals surface area contributed by atoms with Gasteiger partial charge in [0.2, 0.25) is 17.2 Å². The lowest BCUT2D eigenvalue weighted by Gasteiger charge is -2.25. The van der Waals surface area contributed by atoms with Crippen LogP contribution in [0.15, 0.2) is 18.2 Å². The monoisotopic (exact) mass is 680 g/mol. The predicted molar refractivity (Wildman–Crippen MR) is 130 cm³/mol. The molecule has 0 saturated heterocycles. The molecule has 0 aliphatic heterocycles. The van der Waals surface area contributed by atoms with Crippen LogP contribution in [0.25, 0.3) is 0 Å². The molecule has 0 amide bonds. The number of carbonyl (C=O) groups excluding carboxylic acids is 8. The van der Waals surface area contributed by atoms with Crippen LogP contribution in [0.2, 0.25) is 0 Å². The summed E-state index contributed by atoms with van der Waals surface area (Å²) >= 11 is 0. The summed E-state index contributed by atoms with van der Waals surface area (Å²) in [6.07, 6.45) is -8.06. The second kappa shape index (κ2) is 15.1. The minimum atomic E-state index is -3.60. The first kappa shape index (κ1) is 38.2. The van der Waals surface area contributed by atoms with Crippen molar-refractivity contribution in [2.75, 3.05) is 19.8 Å². The summed E-state index contributed by atoms with van der Waals surface area (Å²) in [7, 11) is 0. The van der Waals surface area contributed by atoms with Crippen LogP contribution in [0.1, 0.15) is 39.1 Å². The van der Waals surface area contributed by atoms with Crippen molar-refractivity contribution in [3.8, 4) is 0 Å². The molecular formula is C24H24O23. The molecule has 4 unspecified atom stereocenters. The molecule has 47 heavy (non-hydrogen) atoms. The lowest BCUT2D eigenvalue weighted by Crippen LogP contribution is -2.46. The van der Waals surface area contributed by atoms with Crippen LogP contribution in [0, 0.1) is 0 Å². The topological polar surface area (TPSA) is 374 Å². The van der Waals surface area contributed by atoms with E-state index >= 15 is 0 Å². The molecule has 23 nitrogen and oxygen atoms in total. The second-order valence-corrected chi connectivity index (χ2v) is 9.32. The van der Waals surface area contributed by atoms with Crippen LogP contribution >= 0.6 is 0 Å². The number of rotatable bonds is 12. The standard InChI is InChI=1S/C24H24O23/c25-6-11(28)18(34)44-42-13(30)4-22(38,20(36)46-45-19(35)12(29)7-26)5-14(31)43-47-21(37)23(39,8-27)10-3-1-2-9-15(10)17(33)24(40,41)16(9)32/h1-3,11-12,25-29,38-41H,4-8H2. The molecule has 0 radical (unpaired) electrons. The van der Waals surface area contributed by atoms with E-state index in [1.807, 2.05) is 0 Å². The van der Waals surface area contributed by atoms with Gasteiger partial charge in [0.15, 0.2) is 17.8 Å². The van der Waals surface area contributed by atoms with E-state index in [1.165, 1.54) is 0 Å². The lowest BCUT2D eigenvalue weighted by atomic mass is 9.88. The maximum absolute atomic E-state index is 12.7. The zero-order valence-corrected chi connectivity index (χ0v) is 23.2. The smallest absolute Gasteiger partial charge is 0.393 e. The van der Waals surface area contributed by atoms with Gasteiger partial charge in [0, 0.05) is 16.7 Å². The van der Waals surface area contributed by atoms with Gasteiger partial charge in [0.1, 0.15) is 0 Å². The average molecular weight is 680 g/mol. The third-order valence-corrected chi connectivity index (χ3v) is 5.95. The van der Waals surface area contributed by atoms with Gasteiger partial charge < -0.3 is 46.0 Å². The molecular weight excluding hydrogens is 656 g/mol. The summed E-state index contributed by atoms with van der Waals surface area (Å²) < 4.78 is 0. The first-order valence-electron chi connectivity index (χ1n) is 12.4. The van der Waals surface area contributed by atoms with E-state index in [4.69, 9.17) is 20.4 Å². The molecule has 0 fully saturated rings. The number of fused-ring (bicyclic) bond motifs is 1. The van der Waals surface area contributed by atoms with Crippen molar-refractivity contribution in [3.05, 3.63) is 34.9 Å². The Morgan fingerprint density at radius 2 is 1.17 bits per heavy atom. The summed E-state index contributed by atoms with van der Waals surface area (Å²) in [6, 6.07) is 2.62. The average Bonchev–Trinajstić information content (AvgIpc) is 3.22. The van der Waals surface area contributed by atoms with Crippen molar-refractivity contribution in [1.82, 2.24) is 0 Å². The van der Waals surface area contributed by atoms with Crippen molar-refractivity contribution in [3.63, 3.8) is 0 Å². The molecule has 23 heteroatoms. The number of benzene rings is 1. The van der Waals surface area contributed by atoms with Gasteiger partial charge in [0.05, 0.1) is 32.7 Å². The Balaban J connectivity index is 2.25. The summed E-state index contributed by atoms with van der Waals surface area (Å²) in [4.78, 5) is 121. The Bertz CT molecular complexity index is 1450. The number of aliphatic hydroxyl groups is 9. The quantitative estimate of drug-likeness (QED) is 0.0428. The Kier molecular flexibility index (Phi) is 12.3. The number of carbonyl (C=O) groups is 8. The molecule has 258 valence electrons. The molecule has 0 saturated carbocycles. The van der Waals surface area contributed by atoms with E-state index < -0.39 is 126 Å². The van der Waals surface area contributed by atoms with Gasteiger partial charge >= 0.3 is 35.8 Å². The molecule has 1 aromatic carbocycles.